The van der Waals surface area contributed by atoms with Gasteiger partial charge in [0.15, 0.2) is 8.32 Å². The molecule has 0 aromatic heterocycles. The standard InChI is InChI=1S/C14H28O3Si/c1-10-7-8-11(9-12(10)13(15)16)17-18(5,6)14(2,3)4/h10-12H,7-9H2,1-6H3,(H,15,16)/t10-,11?,12-/m0/s1. The van der Waals surface area contributed by atoms with Gasteiger partial charge in [0.05, 0.1) is 5.92 Å². The molecule has 0 bridgehead atoms. The monoisotopic (exact) mass is 272 g/mol. The zero-order valence-corrected chi connectivity index (χ0v) is 13.6. The lowest BCUT2D eigenvalue weighted by molar-refractivity contribution is -0.146. The van der Waals surface area contributed by atoms with Crippen LogP contribution in [0.25, 0.3) is 0 Å². The summed E-state index contributed by atoms with van der Waals surface area (Å²) in [6, 6.07) is 0. The smallest absolute Gasteiger partial charge is 0.306 e. The van der Waals surface area contributed by atoms with Gasteiger partial charge < -0.3 is 9.53 Å². The molecule has 0 saturated heterocycles. The summed E-state index contributed by atoms with van der Waals surface area (Å²) in [5, 5.41) is 9.43. The van der Waals surface area contributed by atoms with Gasteiger partial charge in [0.2, 0.25) is 0 Å². The van der Waals surface area contributed by atoms with Crippen LogP contribution in [0, 0.1) is 11.8 Å². The highest BCUT2D eigenvalue weighted by atomic mass is 28.4. The molecule has 1 aliphatic rings. The fourth-order valence-electron chi connectivity index (χ4n) is 2.33. The minimum atomic E-state index is -1.77. The third kappa shape index (κ3) is 3.57. The first kappa shape index (κ1) is 15.7. The van der Waals surface area contributed by atoms with Gasteiger partial charge in [0.25, 0.3) is 0 Å². The van der Waals surface area contributed by atoms with Crippen molar-refractivity contribution in [2.24, 2.45) is 11.8 Å². The zero-order valence-electron chi connectivity index (χ0n) is 12.6. The van der Waals surface area contributed by atoms with Gasteiger partial charge >= 0.3 is 5.97 Å². The van der Waals surface area contributed by atoms with Crippen LogP contribution >= 0.6 is 0 Å². The van der Waals surface area contributed by atoms with Crippen molar-refractivity contribution in [3.05, 3.63) is 0 Å². The Labute approximate surface area is 112 Å². The van der Waals surface area contributed by atoms with Crippen molar-refractivity contribution in [3.8, 4) is 0 Å². The van der Waals surface area contributed by atoms with Gasteiger partial charge in [0.1, 0.15) is 0 Å². The van der Waals surface area contributed by atoms with Crippen LogP contribution in [0.1, 0.15) is 47.0 Å². The average Bonchev–Trinajstić information content (AvgIpc) is 2.18. The van der Waals surface area contributed by atoms with Gasteiger partial charge in [-0.3, -0.25) is 4.79 Å². The molecular weight excluding hydrogens is 244 g/mol. The summed E-state index contributed by atoms with van der Waals surface area (Å²) < 4.78 is 6.35. The van der Waals surface area contributed by atoms with E-state index in [0.717, 1.165) is 12.8 Å². The van der Waals surface area contributed by atoms with E-state index in [2.05, 4.69) is 33.9 Å². The summed E-state index contributed by atoms with van der Waals surface area (Å²) in [6.45, 7) is 13.2. The van der Waals surface area contributed by atoms with Crippen LogP contribution in [0.4, 0.5) is 0 Å². The van der Waals surface area contributed by atoms with E-state index in [4.69, 9.17) is 4.43 Å². The summed E-state index contributed by atoms with van der Waals surface area (Å²) in [5.41, 5.74) is 0. The van der Waals surface area contributed by atoms with Crippen LogP contribution in [0.15, 0.2) is 0 Å². The highest BCUT2D eigenvalue weighted by Gasteiger charge is 2.41. The maximum Gasteiger partial charge on any atom is 0.306 e. The highest BCUT2D eigenvalue weighted by molar-refractivity contribution is 6.74. The summed E-state index contributed by atoms with van der Waals surface area (Å²) >= 11 is 0. The molecule has 1 aliphatic carbocycles. The van der Waals surface area contributed by atoms with Crippen molar-refractivity contribution in [1.29, 1.82) is 0 Å². The molecule has 1 rings (SSSR count). The van der Waals surface area contributed by atoms with Gasteiger partial charge in [0, 0.05) is 6.10 Å². The summed E-state index contributed by atoms with van der Waals surface area (Å²) in [6.07, 6.45) is 2.81. The number of hydrogen-bond donors (Lipinski definition) is 1. The SMILES string of the molecule is C[C@H]1CCC(O[Si](C)(C)C(C)(C)C)C[C@@H]1C(=O)O. The molecule has 3 nitrogen and oxygen atoms in total. The van der Waals surface area contributed by atoms with Crippen molar-refractivity contribution in [1.82, 2.24) is 0 Å². The van der Waals surface area contributed by atoms with E-state index in [1.807, 2.05) is 6.92 Å². The highest BCUT2D eigenvalue weighted by Crippen LogP contribution is 2.40. The Morgan fingerprint density at radius 3 is 2.28 bits per heavy atom. The van der Waals surface area contributed by atoms with Crippen molar-refractivity contribution in [2.45, 2.75) is 71.2 Å². The molecule has 0 spiro atoms. The Hall–Kier alpha value is -0.353. The molecule has 0 aromatic carbocycles. The molecule has 1 N–H and O–H groups in total. The second-order valence-corrected chi connectivity index (χ2v) is 12.0. The molecule has 0 aromatic rings. The van der Waals surface area contributed by atoms with Crippen molar-refractivity contribution in [3.63, 3.8) is 0 Å². The number of aliphatic carboxylic acids is 1. The largest absolute Gasteiger partial charge is 0.481 e. The van der Waals surface area contributed by atoms with E-state index in [0.29, 0.717) is 6.42 Å². The topological polar surface area (TPSA) is 46.5 Å². The summed E-state index contributed by atoms with van der Waals surface area (Å²) in [7, 11) is -1.77. The van der Waals surface area contributed by atoms with Crippen LogP contribution < -0.4 is 0 Å². The fraction of sp³-hybridized carbons (Fsp3) is 0.929. The number of carbonyl (C=O) groups is 1. The summed E-state index contributed by atoms with van der Waals surface area (Å²) in [4.78, 5) is 11.2. The molecule has 0 amide bonds. The Bertz CT molecular complexity index is 307. The molecule has 0 radical (unpaired) electrons. The number of hydrogen-bond acceptors (Lipinski definition) is 2. The molecule has 4 heteroatoms. The first-order valence-electron chi connectivity index (χ1n) is 6.95. The molecule has 0 aliphatic heterocycles. The molecule has 18 heavy (non-hydrogen) atoms. The molecule has 1 unspecified atom stereocenters. The Kier molecular flexibility index (Phi) is 4.65. The van der Waals surface area contributed by atoms with Crippen LogP contribution in [-0.4, -0.2) is 25.5 Å². The lowest BCUT2D eigenvalue weighted by atomic mass is 9.79. The quantitative estimate of drug-likeness (QED) is 0.793. The number of carboxylic acid groups (broad SMARTS) is 1. The van der Waals surface area contributed by atoms with E-state index < -0.39 is 14.3 Å². The van der Waals surface area contributed by atoms with Crippen molar-refractivity contribution in [2.75, 3.05) is 0 Å². The van der Waals surface area contributed by atoms with E-state index in [1.165, 1.54) is 0 Å². The van der Waals surface area contributed by atoms with Crippen molar-refractivity contribution >= 4 is 14.3 Å². The molecule has 1 fully saturated rings. The normalized spacial score (nSPS) is 30.2. The van der Waals surface area contributed by atoms with E-state index >= 15 is 0 Å². The molecular formula is C14H28O3Si. The third-order valence-corrected chi connectivity index (χ3v) is 9.27. The number of rotatable bonds is 3. The summed E-state index contributed by atoms with van der Waals surface area (Å²) in [5.74, 6) is -0.610. The molecule has 3 atom stereocenters. The van der Waals surface area contributed by atoms with Crippen LogP contribution in [-0.2, 0) is 9.22 Å². The van der Waals surface area contributed by atoms with E-state index in [-0.39, 0.29) is 23.0 Å². The predicted molar refractivity (Wildman–Crippen MR) is 76.2 cm³/mol. The fourth-order valence-corrected chi connectivity index (χ4v) is 3.73. The minimum Gasteiger partial charge on any atom is -0.481 e. The Morgan fingerprint density at radius 1 is 1.28 bits per heavy atom. The van der Waals surface area contributed by atoms with Crippen LogP contribution in [0.5, 0.6) is 0 Å². The third-order valence-electron chi connectivity index (χ3n) is 4.73. The van der Waals surface area contributed by atoms with Gasteiger partial charge in [-0.2, -0.15) is 0 Å². The van der Waals surface area contributed by atoms with Gasteiger partial charge in [-0.1, -0.05) is 27.7 Å². The van der Waals surface area contributed by atoms with Crippen LogP contribution in [0.3, 0.4) is 0 Å². The maximum atomic E-state index is 11.2. The van der Waals surface area contributed by atoms with Crippen molar-refractivity contribution < 1.29 is 14.3 Å². The second-order valence-electron chi connectivity index (χ2n) is 7.24. The first-order valence-corrected chi connectivity index (χ1v) is 9.86. The van der Waals surface area contributed by atoms with Gasteiger partial charge in [-0.05, 0) is 43.3 Å². The van der Waals surface area contributed by atoms with E-state index in [1.54, 1.807) is 0 Å². The minimum absolute atomic E-state index is 0.142. The Morgan fingerprint density at radius 2 is 1.83 bits per heavy atom. The zero-order chi connectivity index (χ0) is 14.1. The number of carboxylic acids is 1. The second kappa shape index (κ2) is 5.33. The lowest BCUT2D eigenvalue weighted by Crippen LogP contribution is -2.46. The van der Waals surface area contributed by atoms with Crippen LogP contribution in [0.2, 0.25) is 18.1 Å². The van der Waals surface area contributed by atoms with Gasteiger partial charge in [-0.15, -0.1) is 0 Å². The van der Waals surface area contributed by atoms with E-state index in [9.17, 15) is 9.90 Å². The first-order chi connectivity index (χ1) is 8.04. The average molecular weight is 272 g/mol. The maximum absolute atomic E-state index is 11.2. The molecule has 0 heterocycles. The molecule has 1 saturated carbocycles. The Balaban J connectivity index is 2.67. The lowest BCUT2D eigenvalue weighted by Gasteiger charge is -2.42. The predicted octanol–water partition coefficient (Wildman–Crippen LogP) is 3.90. The molecule has 106 valence electrons. The van der Waals surface area contributed by atoms with Gasteiger partial charge in [-0.25, -0.2) is 0 Å².